The molecule has 153 valence electrons. The summed E-state index contributed by atoms with van der Waals surface area (Å²) in [6, 6.07) is 0. The molecule has 0 aromatic carbocycles. The first kappa shape index (κ1) is 23.0. The van der Waals surface area contributed by atoms with Gasteiger partial charge in [-0.1, -0.05) is 25.5 Å². The Morgan fingerprint density at radius 2 is 1.86 bits per heavy atom. The van der Waals surface area contributed by atoms with Crippen LogP contribution in [0.4, 0.5) is 0 Å². The number of fused-ring (bicyclic) bond motifs is 5. The molecule has 0 aliphatic heterocycles. The summed E-state index contributed by atoms with van der Waals surface area (Å²) in [5.41, 5.74) is 1.56. The minimum atomic E-state index is -4.40. The number of hydrogen-bond donors (Lipinski definition) is 1. The van der Waals surface area contributed by atoms with Crippen LogP contribution in [0, 0.1) is 34.5 Å². The molecule has 1 radical (unpaired) electrons. The molecule has 0 aromatic heterocycles. The van der Waals surface area contributed by atoms with Crippen LogP contribution in [-0.2, 0) is 19.4 Å². The van der Waals surface area contributed by atoms with Crippen LogP contribution in [0.3, 0.4) is 0 Å². The minimum absolute atomic E-state index is 0. The van der Waals surface area contributed by atoms with Crippen molar-refractivity contribution < 1.29 is 21.9 Å². The number of allylic oxidation sites excluding steroid dienone is 1. The average Bonchev–Trinajstić information content (AvgIpc) is 2.91. The number of rotatable bonds is 3. The molecule has 28 heavy (non-hydrogen) atoms. The van der Waals surface area contributed by atoms with Crippen LogP contribution in [-0.4, -0.2) is 54.4 Å². The van der Waals surface area contributed by atoms with Gasteiger partial charge in [0.25, 0.3) is 0 Å². The third-order valence-electron chi connectivity index (χ3n) is 8.81. The summed E-state index contributed by atoms with van der Waals surface area (Å²) in [6.07, 6.45) is 9.54. The van der Waals surface area contributed by atoms with Crippen molar-refractivity contribution in [1.82, 2.24) is 0 Å². The standard InChI is InChI=1S/C21H32O5S.Na/c1-13(22)17-6-7-18-16-5-4-14-12-15(26-27(23,24)25)8-10-20(14,2)19(16)9-11-21(17,18)3;/h4,15-19H,5-12H2,1-3H3,(H,23,24,25);/t15-,16-,17+,18-,19-,20-,21+;/m0./s1. The molecule has 0 unspecified atom stereocenters. The van der Waals surface area contributed by atoms with Gasteiger partial charge in [0.1, 0.15) is 5.78 Å². The van der Waals surface area contributed by atoms with Gasteiger partial charge in [-0.3, -0.25) is 9.35 Å². The van der Waals surface area contributed by atoms with E-state index in [-0.39, 0.29) is 46.3 Å². The van der Waals surface area contributed by atoms with Crippen LogP contribution in [0.15, 0.2) is 11.6 Å². The molecular weight excluding hydrogens is 387 g/mol. The van der Waals surface area contributed by atoms with E-state index in [4.69, 9.17) is 8.74 Å². The van der Waals surface area contributed by atoms with Crippen molar-refractivity contribution in [2.24, 2.45) is 34.5 Å². The Morgan fingerprint density at radius 1 is 1.14 bits per heavy atom. The van der Waals surface area contributed by atoms with Gasteiger partial charge in [-0.05, 0) is 86.9 Å². The maximum absolute atomic E-state index is 12.2. The Labute approximate surface area is 191 Å². The summed E-state index contributed by atoms with van der Waals surface area (Å²) in [4.78, 5) is 12.2. The predicted octanol–water partition coefficient (Wildman–Crippen LogP) is 3.96. The molecule has 5 nitrogen and oxygen atoms in total. The van der Waals surface area contributed by atoms with E-state index in [2.05, 4.69) is 19.9 Å². The zero-order valence-corrected chi connectivity index (χ0v) is 20.4. The van der Waals surface area contributed by atoms with Crippen molar-refractivity contribution in [3.8, 4) is 0 Å². The van der Waals surface area contributed by atoms with Crippen LogP contribution in [0.5, 0.6) is 0 Å². The van der Waals surface area contributed by atoms with Crippen LogP contribution in [0.1, 0.15) is 72.1 Å². The Hall–Kier alpha value is 0.280. The molecule has 0 heterocycles. The van der Waals surface area contributed by atoms with Crippen molar-refractivity contribution in [2.75, 3.05) is 0 Å². The largest absolute Gasteiger partial charge is 0.397 e. The summed E-state index contributed by atoms with van der Waals surface area (Å²) >= 11 is 0. The van der Waals surface area contributed by atoms with Gasteiger partial charge in [-0.15, -0.1) is 0 Å². The summed E-state index contributed by atoms with van der Waals surface area (Å²) in [6.45, 7) is 6.46. The molecule has 0 bridgehead atoms. The van der Waals surface area contributed by atoms with E-state index in [1.165, 1.54) is 5.57 Å². The Balaban J connectivity index is 0.00000225. The quantitative estimate of drug-likeness (QED) is 0.425. The predicted molar refractivity (Wildman–Crippen MR) is 108 cm³/mol. The maximum Gasteiger partial charge on any atom is 0.397 e. The summed E-state index contributed by atoms with van der Waals surface area (Å²) in [5, 5.41) is 0. The molecule has 7 atom stereocenters. The SMILES string of the molecule is CC(=O)[C@H]1CC[C@H]2[C@@H]3CC=C4C[C@@H](OS(=O)(=O)O)CC[C@]4(C)[C@H]3CC[C@]12C.[Na]. The van der Waals surface area contributed by atoms with E-state index in [1.807, 2.05) is 0 Å². The molecule has 0 saturated heterocycles. The molecule has 1 N–H and O–H groups in total. The second kappa shape index (κ2) is 7.76. The normalized spacial score (nSPS) is 45.1. The molecule has 0 aromatic rings. The number of hydrogen-bond acceptors (Lipinski definition) is 4. The van der Waals surface area contributed by atoms with Crippen LogP contribution in [0.25, 0.3) is 0 Å². The van der Waals surface area contributed by atoms with Gasteiger partial charge in [0.05, 0.1) is 6.10 Å². The van der Waals surface area contributed by atoms with E-state index in [9.17, 15) is 13.2 Å². The molecule has 0 amide bonds. The molecule has 7 heteroatoms. The van der Waals surface area contributed by atoms with Gasteiger partial charge in [-0.2, -0.15) is 8.42 Å². The maximum atomic E-state index is 12.2. The number of ketones is 1. The molecule has 4 rings (SSSR count). The van der Waals surface area contributed by atoms with Gasteiger partial charge in [0, 0.05) is 35.5 Å². The zero-order chi connectivity index (χ0) is 19.6. The van der Waals surface area contributed by atoms with Gasteiger partial charge in [0.2, 0.25) is 0 Å². The Morgan fingerprint density at radius 3 is 2.50 bits per heavy atom. The van der Waals surface area contributed by atoms with Crippen molar-refractivity contribution >= 4 is 45.7 Å². The van der Waals surface area contributed by atoms with E-state index >= 15 is 0 Å². The second-order valence-corrected chi connectivity index (χ2v) is 11.0. The fourth-order valence-electron chi connectivity index (χ4n) is 7.55. The zero-order valence-electron chi connectivity index (χ0n) is 17.6. The first-order chi connectivity index (χ1) is 12.5. The van der Waals surface area contributed by atoms with E-state index < -0.39 is 16.5 Å². The Bertz CT molecular complexity index is 778. The van der Waals surface area contributed by atoms with Crippen molar-refractivity contribution in [1.29, 1.82) is 0 Å². The topological polar surface area (TPSA) is 80.7 Å². The minimum Gasteiger partial charge on any atom is -0.300 e. The van der Waals surface area contributed by atoms with Gasteiger partial charge < -0.3 is 0 Å². The first-order valence-corrected chi connectivity index (χ1v) is 11.8. The molecule has 3 saturated carbocycles. The summed E-state index contributed by atoms with van der Waals surface area (Å²) in [7, 11) is -4.40. The first-order valence-electron chi connectivity index (χ1n) is 10.4. The van der Waals surface area contributed by atoms with E-state index in [0.717, 1.165) is 38.5 Å². The van der Waals surface area contributed by atoms with Crippen LogP contribution >= 0.6 is 0 Å². The second-order valence-electron chi connectivity index (χ2n) is 9.93. The molecule has 4 aliphatic rings. The fraction of sp³-hybridized carbons (Fsp3) is 0.857. The third kappa shape index (κ3) is 3.71. The smallest absolute Gasteiger partial charge is 0.300 e. The number of carbonyl (C=O) groups is 1. The number of Topliss-reactive ketones (excluding diaryl/α,β-unsaturated/α-hetero) is 1. The van der Waals surface area contributed by atoms with Gasteiger partial charge >= 0.3 is 10.4 Å². The number of carbonyl (C=O) groups excluding carboxylic acids is 1. The fourth-order valence-corrected chi connectivity index (χ4v) is 8.06. The van der Waals surface area contributed by atoms with Crippen LogP contribution in [0.2, 0.25) is 0 Å². The van der Waals surface area contributed by atoms with E-state index in [1.54, 1.807) is 6.92 Å². The van der Waals surface area contributed by atoms with Gasteiger partial charge in [-0.25, -0.2) is 4.18 Å². The summed E-state index contributed by atoms with van der Waals surface area (Å²) < 4.78 is 36.1. The third-order valence-corrected chi connectivity index (χ3v) is 9.32. The Kier molecular flexibility index (Phi) is 6.36. The van der Waals surface area contributed by atoms with Crippen molar-refractivity contribution in [3.63, 3.8) is 0 Å². The average molecular weight is 420 g/mol. The van der Waals surface area contributed by atoms with Crippen molar-refractivity contribution in [2.45, 2.75) is 78.2 Å². The molecule has 3 fully saturated rings. The van der Waals surface area contributed by atoms with Crippen molar-refractivity contribution in [3.05, 3.63) is 11.6 Å². The monoisotopic (exact) mass is 419 g/mol. The molecular formula is C21H32NaO5S. The van der Waals surface area contributed by atoms with Crippen LogP contribution < -0.4 is 0 Å². The summed E-state index contributed by atoms with van der Waals surface area (Å²) in [5.74, 6) is 2.43. The van der Waals surface area contributed by atoms with Gasteiger partial charge in [0.15, 0.2) is 0 Å². The molecule has 0 spiro atoms. The van der Waals surface area contributed by atoms with E-state index in [0.29, 0.717) is 36.4 Å². The molecule has 4 aliphatic carbocycles.